The molecule has 1 heteroatoms. The summed E-state index contributed by atoms with van der Waals surface area (Å²) in [5.74, 6) is 2.76. The van der Waals surface area contributed by atoms with Crippen molar-refractivity contribution in [3.8, 4) is 5.75 Å². The SMILES string of the molecule is CCCCCCCC1CCC(c2ccc3cc(OCCCC)ccc3c2)CC1. The molecular weight excluding hydrogens is 340 g/mol. The van der Waals surface area contributed by atoms with Crippen molar-refractivity contribution >= 4 is 10.8 Å². The summed E-state index contributed by atoms with van der Waals surface area (Å²) >= 11 is 0. The van der Waals surface area contributed by atoms with Gasteiger partial charge in [-0.3, -0.25) is 0 Å². The maximum absolute atomic E-state index is 5.87. The van der Waals surface area contributed by atoms with E-state index in [9.17, 15) is 0 Å². The highest BCUT2D eigenvalue weighted by Gasteiger charge is 2.22. The van der Waals surface area contributed by atoms with Crippen molar-refractivity contribution in [2.75, 3.05) is 6.61 Å². The Labute approximate surface area is 172 Å². The number of ether oxygens (including phenoxy) is 1. The molecule has 1 aliphatic rings. The Kier molecular flexibility index (Phi) is 8.70. The lowest BCUT2D eigenvalue weighted by molar-refractivity contribution is 0.302. The Morgan fingerprint density at radius 3 is 2.25 bits per heavy atom. The molecule has 1 saturated carbocycles. The van der Waals surface area contributed by atoms with Crippen LogP contribution in [-0.4, -0.2) is 6.61 Å². The van der Waals surface area contributed by atoms with Crippen LogP contribution in [0, 0.1) is 5.92 Å². The molecule has 1 nitrogen and oxygen atoms in total. The highest BCUT2D eigenvalue weighted by Crippen LogP contribution is 2.38. The van der Waals surface area contributed by atoms with E-state index in [0.29, 0.717) is 0 Å². The first-order chi connectivity index (χ1) is 13.8. The predicted octanol–water partition coefficient (Wildman–Crippen LogP) is 8.65. The molecule has 1 aliphatic carbocycles. The van der Waals surface area contributed by atoms with Crippen molar-refractivity contribution in [1.82, 2.24) is 0 Å². The third-order valence-corrected chi connectivity index (χ3v) is 6.64. The number of unbranched alkanes of at least 4 members (excludes halogenated alkanes) is 5. The highest BCUT2D eigenvalue weighted by atomic mass is 16.5. The number of hydrogen-bond acceptors (Lipinski definition) is 1. The van der Waals surface area contributed by atoms with E-state index < -0.39 is 0 Å². The van der Waals surface area contributed by atoms with E-state index in [1.54, 1.807) is 5.56 Å². The Bertz CT molecular complexity index is 696. The van der Waals surface area contributed by atoms with Gasteiger partial charge in [0, 0.05) is 0 Å². The summed E-state index contributed by atoms with van der Waals surface area (Å²) in [6.07, 6.45) is 16.5. The van der Waals surface area contributed by atoms with Gasteiger partial charge in [-0.25, -0.2) is 0 Å². The number of benzene rings is 2. The molecule has 0 radical (unpaired) electrons. The predicted molar refractivity (Wildman–Crippen MR) is 122 cm³/mol. The van der Waals surface area contributed by atoms with Crippen molar-refractivity contribution in [2.24, 2.45) is 5.92 Å². The summed E-state index contributed by atoms with van der Waals surface area (Å²) in [7, 11) is 0. The third kappa shape index (κ3) is 6.26. The molecule has 0 saturated heterocycles. The molecule has 0 unspecified atom stereocenters. The van der Waals surface area contributed by atoms with Crippen molar-refractivity contribution in [3.05, 3.63) is 42.0 Å². The molecule has 0 heterocycles. The summed E-state index contributed by atoms with van der Waals surface area (Å²) in [6.45, 7) is 5.32. The van der Waals surface area contributed by atoms with Crippen LogP contribution < -0.4 is 4.74 Å². The van der Waals surface area contributed by atoms with Crippen LogP contribution in [0.25, 0.3) is 10.8 Å². The van der Waals surface area contributed by atoms with Crippen LogP contribution in [0.1, 0.15) is 102 Å². The molecule has 0 aliphatic heterocycles. The fourth-order valence-electron chi connectivity index (χ4n) is 4.74. The van der Waals surface area contributed by atoms with Crippen LogP contribution >= 0.6 is 0 Å². The minimum Gasteiger partial charge on any atom is -0.494 e. The molecule has 2 aromatic rings. The lowest BCUT2D eigenvalue weighted by Gasteiger charge is -2.29. The average molecular weight is 381 g/mol. The smallest absolute Gasteiger partial charge is 0.119 e. The van der Waals surface area contributed by atoms with E-state index in [1.807, 2.05) is 0 Å². The number of hydrogen-bond donors (Lipinski definition) is 0. The van der Waals surface area contributed by atoms with E-state index >= 15 is 0 Å². The fraction of sp³-hybridized carbons (Fsp3) is 0.630. The van der Waals surface area contributed by atoms with Crippen molar-refractivity contribution in [1.29, 1.82) is 0 Å². The maximum atomic E-state index is 5.87. The van der Waals surface area contributed by atoms with Gasteiger partial charge in [-0.05, 0) is 72.4 Å². The van der Waals surface area contributed by atoms with Crippen LogP contribution in [0.15, 0.2) is 36.4 Å². The molecule has 0 bridgehead atoms. The zero-order valence-electron chi connectivity index (χ0n) is 18.2. The topological polar surface area (TPSA) is 9.23 Å². The monoisotopic (exact) mass is 380 g/mol. The number of rotatable bonds is 11. The zero-order valence-corrected chi connectivity index (χ0v) is 18.2. The summed E-state index contributed by atoms with van der Waals surface area (Å²) in [6, 6.07) is 13.7. The first-order valence-electron chi connectivity index (χ1n) is 12.0. The highest BCUT2D eigenvalue weighted by molar-refractivity contribution is 5.84. The second kappa shape index (κ2) is 11.5. The molecular formula is C27H40O. The van der Waals surface area contributed by atoms with Gasteiger partial charge in [0.2, 0.25) is 0 Å². The Hall–Kier alpha value is -1.50. The van der Waals surface area contributed by atoms with E-state index in [-0.39, 0.29) is 0 Å². The second-order valence-corrected chi connectivity index (χ2v) is 8.89. The normalized spacial score (nSPS) is 19.8. The molecule has 0 spiro atoms. The second-order valence-electron chi connectivity index (χ2n) is 8.89. The average Bonchev–Trinajstić information content (AvgIpc) is 2.74. The van der Waals surface area contributed by atoms with E-state index in [0.717, 1.165) is 30.6 Å². The van der Waals surface area contributed by atoms with Crippen LogP contribution in [0.4, 0.5) is 0 Å². The maximum Gasteiger partial charge on any atom is 0.119 e. The molecule has 3 rings (SSSR count). The minimum atomic E-state index is 0.765. The zero-order chi connectivity index (χ0) is 19.6. The number of fused-ring (bicyclic) bond motifs is 1. The minimum absolute atomic E-state index is 0.765. The summed E-state index contributed by atoms with van der Waals surface area (Å²) in [4.78, 5) is 0. The van der Waals surface area contributed by atoms with Crippen LogP contribution in [0.3, 0.4) is 0 Å². The van der Waals surface area contributed by atoms with Crippen LogP contribution in [0.5, 0.6) is 5.75 Å². The van der Waals surface area contributed by atoms with Gasteiger partial charge in [0.25, 0.3) is 0 Å². The van der Waals surface area contributed by atoms with Gasteiger partial charge < -0.3 is 4.74 Å². The molecule has 1 fully saturated rings. The largest absolute Gasteiger partial charge is 0.494 e. The van der Waals surface area contributed by atoms with Gasteiger partial charge >= 0.3 is 0 Å². The molecule has 0 N–H and O–H groups in total. The quantitative estimate of drug-likeness (QED) is 0.354. The van der Waals surface area contributed by atoms with E-state index in [2.05, 4.69) is 50.2 Å². The van der Waals surface area contributed by atoms with Gasteiger partial charge in [0.1, 0.15) is 5.75 Å². The van der Waals surface area contributed by atoms with Gasteiger partial charge in [0.05, 0.1) is 6.61 Å². The summed E-state index contributed by atoms with van der Waals surface area (Å²) in [5.41, 5.74) is 1.55. The molecule has 0 atom stereocenters. The van der Waals surface area contributed by atoms with Crippen molar-refractivity contribution < 1.29 is 4.74 Å². The van der Waals surface area contributed by atoms with Crippen molar-refractivity contribution in [3.63, 3.8) is 0 Å². The summed E-state index contributed by atoms with van der Waals surface area (Å²) in [5, 5.41) is 2.66. The summed E-state index contributed by atoms with van der Waals surface area (Å²) < 4.78 is 5.87. The fourth-order valence-corrected chi connectivity index (χ4v) is 4.74. The van der Waals surface area contributed by atoms with Gasteiger partial charge in [-0.1, -0.05) is 83.1 Å². The van der Waals surface area contributed by atoms with Crippen LogP contribution in [0.2, 0.25) is 0 Å². The standard InChI is InChI=1S/C27H40O/c1-3-5-7-8-9-10-22-11-13-23(14-12-22)24-15-16-26-21-27(28-19-6-4-2)18-17-25(26)20-24/h15-18,20-23H,3-14,19H2,1-2H3. The van der Waals surface area contributed by atoms with E-state index in [4.69, 9.17) is 4.74 Å². The Morgan fingerprint density at radius 1 is 0.750 bits per heavy atom. The van der Waals surface area contributed by atoms with E-state index in [1.165, 1.54) is 81.4 Å². The lowest BCUT2D eigenvalue weighted by atomic mass is 9.77. The van der Waals surface area contributed by atoms with Gasteiger partial charge in [-0.2, -0.15) is 0 Å². The molecule has 0 amide bonds. The molecule has 154 valence electrons. The first kappa shape index (κ1) is 21.2. The molecule has 28 heavy (non-hydrogen) atoms. The van der Waals surface area contributed by atoms with Crippen LogP contribution in [-0.2, 0) is 0 Å². The third-order valence-electron chi connectivity index (χ3n) is 6.64. The van der Waals surface area contributed by atoms with Crippen molar-refractivity contribution in [2.45, 2.75) is 96.8 Å². The lowest BCUT2D eigenvalue weighted by Crippen LogP contribution is -2.13. The van der Waals surface area contributed by atoms with Gasteiger partial charge in [-0.15, -0.1) is 0 Å². The molecule has 0 aromatic heterocycles. The first-order valence-corrected chi connectivity index (χ1v) is 12.0. The van der Waals surface area contributed by atoms with Gasteiger partial charge in [0.15, 0.2) is 0 Å². The Balaban J connectivity index is 1.50. The molecule has 2 aromatic carbocycles. The Morgan fingerprint density at radius 2 is 1.46 bits per heavy atom.